The number of hydrogen-bond acceptors (Lipinski definition) is 4. The number of carbonyl (C=O) groups is 2. The second kappa shape index (κ2) is 7.40. The molecule has 2 N–H and O–H groups in total. The highest BCUT2D eigenvalue weighted by atomic mass is 16.5. The van der Waals surface area contributed by atoms with E-state index >= 15 is 0 Å². The summed E-state index contributed by atoms with van der Waals surface area (Å²) in [5.41, 5.74) is 1.09. The van der Waals surface area contributed by atoms with Gasteiger partial charge in [-0.05, 0) is 25.8 Å². The average molecular weight is 301 g/mol. The molecule has 1 aromatic heterocycles. The van der Waals surface area contributed by atoms with Gasteiger partial charge in [0.1, 0.15) is 11.8 Å². The second-order valence-electron chi connectivity index (χ2n) is 5.09. The van der Waals surface area contributed by atoms with E-state index < -0.39 is 6.04 Å². The van der Waals surface area contributed by atoms with E-state index in [9.17, 15) is 9.59 Å². The van der Waals surface area contributed by atoms with Crippen LogP contribution in [0.15, 0.2) is 40.9 Å². The normalized spacial score (nSPS) is 11.7. The summed E-state index contributed by atoms with van der Waals surface area (Å²) < 4.78 is 4.86. The predicted molar refractivity (Wildman–Crippen MR) is 82.2 cm³/mol. The molecular weight excluding hydrogens is 282 g/mol. The molecule has 0 bridgehead atoms. The lowest BCUT2D eigenvalue weighted by molar-refractivity contribution is -0.126. The van der Waals surface area contributed by atoms with E-state index in [0.717, 1.165) is 5.56 Å². The third-order valence-electron chi connectivity index (χ3n) is 3.13. The summed E-state index contributed by atoms with van der Waals surface area (Å²) in [4.78, 5) is 23.8. The summed E-state index contributed by atoms with van der Waals surface area (Å²) in [6, 6.07) is 10.7. The number of nitrogens with one attached hydrogen (secondary N) is 2. The van der Waals surface area contributed by atoms with Crippen molar-refractivity contribution in [2.24, 2.45) is 0 Å². The molecule has 0 aliphatic heterocycles. The molecule has 22 heavy (non-hydrogen) atoms. The molecule has 0 unspecified atom stereocenters. The van der Waals surface area contributed by atoms with Gasteiger partial charge < -0.3 is 15.2 Å². The minimum atomic E-state index is -0.639. The lowest BCUT2D eigenvalue weighted by Gasteiger charge is -2.12. The van der Waals surface area contributed by atoms with Gasteiger partial charge in [-0.15, -0.1) is 0 Å². The van der Waals surface area contributed by atoms with Gasteiger partial charge in [0.05, 0.1) is 0 Å². The molecule has 6 heteroatoms. The van der Waals surface area contributed by atoms with E-state index in [4.69, 9.17) is 4.52 Å². The fourth-order valence-electron chi connectivity index (χ4n) is 1.94. The number of hydrogen-bond donors (Lipinski definition) is 2. The van der Waals surface area contributed by atoms with E-state index in [1.165, 1.54) is 0 Å². The quantitative estimate of drug-likeness (QED) is 0.855. The van der Waals surface area contributed by atoms with Crippen LogP contribution in [0.5, 0.6) is 0 Å². The average Bonchev–Trinajstić information content (AvgIpc) is 2.91. The molecule has 2 amide bonds. The standard InChI is InChI=1S/C16H19N3O3/c1-11-10-14(19-22-11)18-16(21)12(2)17-15(20)9-8-13-6-4-3-5-7-13/h3-7,10,12H,8-9H2,1-2H3,(H,17,20)(H,18,19,21)/t12-/m0/s1. The van der Waals surface area contributed by atoms with Gasteiger partial charge in [-0.2, -0.15) is 0 Å². The number of rotatable bonds is 6. The third kappa shape index (κ3) is 4.73. The number of benzene rings is 1. The summed E-state index contributed by atoms with van der Waals surface area (Å²) in [6.07, 6.45) is 0.980. The Kier molecular flexibility index (Phi) is 5.30. The maximum atomic E-state index is 11.9. The Morgan fingerprint density at radius 1 is 1.27 bits per heavy atom. The zero-order chi connectivity index (χ0) is 15.9. The van der Waals surface area contributed by atoms with Gasteiger partial charge in [-0.1, -0.05) is 35.5 Å². The highest BCUT2D eigenvalue weighted by Gasteiger charge is 2.16. The van der Waals surface area contributed by atoms with Gasteiger partial charge in [0, 0.05) is 12.5 Å². The number of anilines is 1. The van der Waals surface area contributed by atoms with Crippen molar-refractivity contribution in [1.29, 1.82) is 0 Å². The molecule has 116 valence electrons. The Balaban J connectivity index is 1.76. The molecule has 0 radical (unpaired) electrons. The summed E-state index contributed by atoms with van der Waals surface area (Å²) in [5.74, 6) is 0.451. The van der Waals surface area contributed by atoms with Crippen molar-refractivity contribution >= 4 is 17.6 Å². The van der Waals surface area contributed by atoms with E-state index in [-0.39, 0.29) is 11.8 Å². The SMILES string of the molecule is Cc1cc(NC(=O)[C@H](C)NC(=O)CCc2ccccc2)no1. The monoisotopic (exact) mass is 301 g/mol. The fourth-order valence-corrected chi connectivity index (χ4v) is 1.94. The van der Waals surface area contributed by atoms with Gasteiger partial charge in [0.25, 0.3) is 0 Å². The van der Waals surface area contributed by atoms with Gasteiger partial charge in [0.15, 0.2) is 5.82 Å². The van der Waals surface area contributed by atoms with Gasteiger partial charge in [-0.25, -0.2) is 0 Å². The zero-order valence-corrected chi connectivity index (χ0v) is 12.6. The first kappa shape index (κ1) is 15.8. The Hall–Kier alpha value is -2.63. The molecule has 0 spiro atoms. The Bertz CT molecular complexity index is 637. The lowest BCUT2D eigenvalue weighted by Crippen LogP contribution is -2.41. The highest BCUT2D eigenvalue weighted by molar-refractivity contribution is 5.96. The van der Waals surface area contributed by atoms with E-state index in [1.807, 2.05) is 30.3 Å². The van der Waals surface area contributed by atoms with Crippen LogP contribution < -0.4 is 10.6 Å². The summed E-state index contributed by atoms with van der Waals surface area (Å²) >= 11 is 0. The molecule has 1 heterocycles. The minimum Gasteiger partial charge on any atom is -0.360 e. The molecule has 0 aliphatic rings. The van der Waals surface area contributed by atoms with Crippen molar-refractivity contribution in [2.45, 2.75) is 32.7 Å². The number of amides is 2. The van der Waals surface area contributed by atoms with Crippen LogP contribution in [0.2, 0.25) is 0 Å². The number of carbonyl (C=O) groups excluding carboxylic acids is 2. The lowest BCUT2D eigenvalue weighted by atomic mass is 10.1. The van der Waals surface area contributed by atoms with Gasteiger partial charge in [-0.3, -0.25) is 9.59 Å². The summed E-state index contributed by atoms with van der Waals surface area (Å²) in [5, 5.41) is 8.92. The molecule has 0 aliphatic carbocycles. The maximum absolute atomic E-state index is 11.9. The van der Waals surface area contributed by atoms with Crippen LogP contribution in [0.4, 0.5) is 5.82 Å². The summed E-state index contributed by atoms with van der Waals surface area (Å²) in [6.45, 7) is 3.36. The number of aryl methyl sites for hydroxylation is 2. The largest absolute Gasteiger partial charge is 0.360 e. The molecule has 2 aromatic rings. The van der Waals surface area contributed by atoms with Crippen molar-refractivity contribution in [2.75, 3.05) is 5.32 Å². The minimum absolute atomic E-state index is 0.164. The summed E-state index contributed by atoms with van der Waals surface area (Å²) in [7, 11) is 0. The second-order valence-corrected chi connectivity index (χ2v) is 5.09. The molecule has 0 saturated carbocycles. The van der Waals surface area contributed by atoms with Crippen molar-refractivity contribution in [1.82, 2.24) is 10.5 Å². The topological polar surface area (TPSA) is 84.2 Å². The van der Waals surface area contributed by atoms with Crippen molar-refractivity contribution in [3.05, 3.63) is 47.7 Å². The van der Waals surface area contributed by atoms with Crippen LogP contribution in [0.3, 0.4) is 0 Å². The molecular formula is C16H19N3O3. The Morgan fingerprint density at radius 2 is 2.00 bits per heavy atom. The van der Waals surface area contributed by atoms with Crippen molar-refractivity contribution in [3.8, 4) is 0 Å². The molecule has 2 rings (SSSR count). The fraction of sp³-hybridized carbons (Fsp3) is 0.312. The number of aromatic nitrogens is 1. The van der Waals surface area contributed by atoms with E-state index in [0.29, 0.717) is 24.4 Å². The zero-order valence-electron chi connectivity index (χ0n) is 12.6. The van der Waals surface area contributed by atoms with Crippen molar-refractivity contribution < 1.29 is 14.1 Å². The first-order valence-corrected chi connectivity index (χ1v) is 7.12. The number of nitrogens with zero attached hydrogens (tertiary/aromatic N) is 1. The molecule has 0 fully saturated rings. The van der Waals surface area contributed by atoms with Gasteiger partial charge in [0.2, 0.25) is 11.8 Å². The van der Waals surface area contributed by atoms with Crippen LogP contribution in [-0.2, 0) is 16.0 Å². The maximum Gasteiger partial charge on any atom is 0.247 e. The van der Waals surface area contributed by atoms with E-state index in [1.54, 1.807) is 19.9 Å². The molecule has 0 saturated heterocycles. The Labute approximate surface area is 128 Å². The Morgan fingerprint density at radius 3 is 2.64 bits per heavy atom. The van der Waals surface area contributed by atoms with Crippen LogP contribution in [0.1, 0.15) is 24.7 Å². The molecule has 6 nitrogen and oxygen atoms in total. The van der Waals surface area contributed by atoms with Crippen LogP contribution in [0.25, 0.3) is 0 Å². The van der Waals surface area contributed by atoms with Crippen LogP contribution >= 0.6 is 0 Å². The predicted octanol–water partition coefficient (Wildman–Crippen LogP) is 2.06. The molecule has 1 atom stereocenters. The van der Waals surface area contributed by atoms with Gasteiger partial charge >= 0.3 is 0 Å². The smallest absolute Gasteiger partial charge is 0.247 e. The third-order valence-corrected chi connectivity index (χ3v) is 3.13. The van der Waals surface area contributed by atoms with Crippen LogP contribution in [-0.4, -0.2) is 23.0 Å². The first-order chi connectivity index (χ1) is 10.5. The molecule has 1 aromatic carbocycles. The van der Waals surface area contributed by atoms with E-state index in [2.05, 4.69) is 15.8 Å². The highest BCUT2D eigenvalue weighted by Crippen LogP contribution is 2.07. The van der Waals surface area contributed by atoms with Crippen LogP contribution in [0, 0.1) is 6.92 Å². The first-order valence-electron chi connectivity index (χ1n) is 7.12. The van der Waals surface area contributed by atoms with Crippen molar-refractivity contribution in [3.63, 3.8) is 0 Å².